The summed E-state index contributed by atoms with van der Waals surface area (Å²) in [5.74, 6) is 1.63. The quantitative estimate of drug-likeness (QED) is 0.911. The number of benzene rings is 1. The number of hydrogen-bond acceptors (Lipinski definition) is 3. The van der Waals surface area contributed by atoms with Crippen molar-refractivity contribution in [2.24, 2.45) is 5.73 Å². The van der Waals surface area contributed by atoms with Crippen LogP contribution in [0.4, 0.5) is 0 Å². The molecule has 17 heavy (non-hydrogen) atoms. The van der Waals surface area contributed by atoms with Crippen molar-refractivity contribution in [3.63, 3.8) is 0 Å². The summed E-state index contributed by atoms with van der Waals surface area (Å²) in [5.41, 5.74) is 6.66. The van der Waals surface area contributed by atoms with E-state index in [1.807, 2.05) is 28.8 Å². The molecule has 0 aliphatic carbocycles. The predicted octanol–water partition coefficient (Wildman–Crippen LogP) is 2.64. The van der Waals surface area contributed by atoms with E-state index in [2.05, 4.69) is 24.0 Å². The number of nitrogens with zero attached hydrogens (tertiary/aromatic N) is 3. The van der Waals surface area contributed by atoms with E-state index in [1.54, 1.807) is 0 Å². The van der Waals surface area contributed by atoms with Crippen LogP contribution in [0.2, 0.25) is 5.02 Å². The van der Waals surface area contributed by atoms with E-state index in [0.29, 0.717) is 11.6 Å². The van der Waals surface area contributed by atoms with E-state index in [0.717, 1.165) is 17.2 Å². The van der Waals surface area contributed by atoms with E-state index >= 15 is 0 Å². The third kappa shape index (κ3) is 2.33. The Morgan fingerprint density at radius 3 is 2.41 bits per heavy atom. The number of nitrogens with two attached hydrogens (primary N) is 1. The van der Waals surface area contributed by atoms with Crippen molar-refractivity contribution in [1.82, 2.24) is 14.8 Å². The monoisotopic (exact) mass is 250 g/mol. The number of hydrogen-bond donors (Lipinski definition) is 1. The molecule has 0 aliphatic rings. The van der Waals surface area contributed by atoms with E-state index in [1.165, 1.54) is 0 Å². The molecule has 0 spiro atoms. The average Bonchev–Trinajstić information content (AvgIpc) is 2.73. The smallest absolute Gasteiger partial charge is 0.164 e. The minimum atomic E-state index is 0.272. The van der Waals surface area contributed by atoms with E-state index in [-0.39, 0.29) is 6.04 Å². The van der Waals surface area contributed by atoms with Crippen LogP contribution in [-0.2, 0) is 6.54 Å². The highest BCUT2D eigenvalue weighted by Gasteiger charge is 2.14. The van der Waals surface area contributed by atoms with Gasteiger partial charge in [0.15, 0.2) is 5.82 Å². The minimum Gasteiger partial charge on any atom is -0.324 e. The van der Waals surface area contributed by atoms with Crippen LogP contribution in [0.1, 0.15) is 25.7 Å². The fourth-order valence-corrected chi connectivity index (χ4v) is 1.93. The summed E-state index contributed by atoms with van der Waals surface area (Å²) in [6.07, 6.45) is 0. The van der Waals surface area contributed by atoms with Crippen LogP contribution in [-0.4, -0.2) is 14.8 Å². The molecule has 1 heterocycles. The van der Waals surface area contributed by atoms with Crippen LogP contribution in [0.25, 0.3) is 11.4 Å². The summed E-state index contributed by atoms with van der Waals surface area (Å²) in [7, 11) is 0. The Balaban J connectivity index is 2.51. The Morgan fingerprint density at radius 1 is 1.24 bits per heavy atom. The first-order valence-corrected chi connectivity index (χ1v) is 5.91. The van der Waals surface area contributed by atoms with Crippen LogP contribution in [0.5, 0.6) is 0 Å². The molecule has 0 saturated carbocycles. The topological polar surface area (TPSA) is 56.7 Å². The molecule has 4 nitrogen and oxygen atoms in total. The minimum absolute atomic E-state index is 0.272. The highest BCUT2D eigenvalue weighted by molar-refractivity contribution is 6.30. The van der Waals surface area contributed by atoms with E-state index in [4.69, 9.17) is 17.3 Å². The Bertz CT molecular complexity index is 502. The lowest BCUT2D eigenvalue weighted by molar-refractivity contribution is 0.574. The lowest BCUT2D eigenvalue weighted by atomic mass is 10.2. The second-order valence-corrected chi connectivity index (χ2v) is 4.55. The van der Waals surface area contributed by atoms with Gasteiger partial charge in [-0.3, -0.25) is 0 Å². The van der Waals surface area contributed by atoms with Gasteiger partial charge in [0.25, 0.3) is 0 Å². The highest BCUT2D eigenvalue weighted by Crippen LogP contribution is 2.23. The lowest BCUT2D eigenvalue weighted by Gasteiger charge is -2.13. The van der Waals surface area contributed by atoms with Crippen molar-refractivity contribution in [1.29, 1.82) is 0 Å². The Labute approximate surface area is 105 Å². The summed E-state index contributed by atoms with van der Waals surface area (Å²) in [6, 6.07) is 7.84. The van der Waals surface area contributed by atoms with Gasteiger partial charge in [-0.2, -0.15) is 0 Å². The molecule has 2 aromatic rings. The molecule has 1 aromatic carbocycles. The van der Waals surface area contributed by atoms with Crippen molar-refractivity contribution in [3.05, 3.63) is 35.1 Å². The largest absolute Gasteiger partial charge is 0.324 e. The van der Waals surface area contributed by atoms with Gasteiger partial charge in [-0.25, -0.2) is 0 Å². The zero-order chi connectivity index (χ0) is 12.4. The molecule has 90 valence electrons. The van der Waals surface area contributed by atoms with Crippen LogP contribution in [0, 0.1) is 0 Å². The standard InChI is InChI=1S/C12H15ClN4/c1-8(2)17-11(7-14)15-16-12(17)9-3-5-10(13)6-4-9/h3-6,8H,7,14H2,1-2H3. The van der Waals surface area contributed by atoms with Gasteiger partial charge >= 0.3 is 0 Å². The van der Waals surface area contributed by atoms with Gasteiger partial charge in [0, 0.05) is 16.6 Å². The van der Waals surface area contributed by atoms with Gasteiger partial charge in [-0.15, -0.1) is 10.2 Å². The first-order chi connectivity index (χ1) is 8.13. The number of rotatable bonds is 3. The SMILES string of the molecule is CC(C)n1c(CN)nnc1-c1ccc(Cl)cc1. The lowest BCUT2D eigenvalue weighted by Crippen LogP contribution is -2.11. The number of aromatic nitrogens is 3. The zero-order valence-corrected chi connectivity index (χ0v) is 10.6. The molecule has 0 aliphatic heterocycles. The summed E-state index contributed by atoms with van der Waals surface area (Å²) >= 11 is 5.87. The summed E-state index contributed by atoms with van der Waals surface area (Å²) < 4.78 is 2.04. The second kappa shape index (κ2) is 4.85. The Kier molecular flexibility index (Phi) is 3.45. The number of halogens is 1. The van der Waals surface area contributed by atoms with Crippen LogP contribution in [0.15, 0.2) is 24.3 Å². The van der Waals surface area contributed by atoms with Gasteiger partial charge < -0.3 is 10.3 Å². The van der Waals surface area contributed by atoms with Crippen molar-refractivity contribution < 1.29 is 0 Å². The first kappa shape index (κ1) is 12.1. The molecular formula is C12H15ClN4. The fraction of sp³-hybridized carbons (Fsp3) is 0.333. The highest BCUT2D eigenvalue weighted by atomic mass is 35.5. The van der Waals surface area contributed by atoms with Gasteiger partial charge in [-0.05, 0) is 38.1 Å². The Hall–Kier alpha value is -1.39. The molecule has 0 radical (unpaired) electrons. The van der Waals surface area contributed by atoms with Crippen molar-refractivity contribution in [2.45, 2.75) is 26.4 Å². The maximum atomic E-state index is 5.87. The second-order valence-electron chi connectivity index (χ2n) is 4.11. The predicted molar refractivity (Wildman–Crippen MR) is 68.7 cm³/mol. The summed E-state index contributed by atoms with van der Waals surface area (Å²) in [4.78, 5) is 0. The molecular weight excluding hydrogens is 236 g/mol. The molecule has 2 N–H and O–H groups in total. The third-order valence-electron chi connectivity index (χ3n) is 2.57. The van der Waals surface area contributed by atoms with Crippen molar-refractivity contribution in [3.8, 4) is 11.4 Å². The molecule has 0 fully saturated rings. The van der Waals surface area contributed by atoms with Gasteiger partial charge in [0.2, 0.25) is 0 Å². The molecule has 0 atom stereocenters. The Morgan fingerprint density at radius 2 is 1.88 bits per heavy atom. The molecule has 0 bridgehead atoms. The van der Waals surface area contributed by atoms with Crippen LogP contribution in [0.3, 0.4) is 0 Å². The maximum absolute atomic E-state index is 5.87. The summed E-state index contributed by atoms with van der Waals surface area (Å²) in [5, 5.41) is 9.02. The van der Waals surface area contributed by atoms with Gasteiger partial charge in [-0.1, -0.05) is 11.6 Å². The van der Waals surface area contributed by atoms with Crippen molar-refractivity contribution >= 4 is 11.6 Å². The van der Waals surface area contributed by atoms with Crippen LogP contribution >= 0.6 is 11.6 Å². The maximum Gasteiger partial charge on any atom is 0.164 e. The molecule has 5 heteroatoms. The van der Waals surface area contributed by atoms with Gasteiger partial charge in [0.1, 0.15) is 5.82 Å². The van der Waals surface area contributed by atoms with Crippen LogP contribution < -0.4 is 5.73 Å². The van der Waals surface area contributed by atoms with Crippen molar-refractivity contribution in [2.75, 3.05) is 0 Å². The molecule has 0 saturated heterocycles. The molecule has 0 unspecified atom stereocenters. The third-order valence-corrected chi connectivity index (χ3v) is 2.82. The van der Waals surface area contributed by atoms with E-state index < -0.39 is 0 Å². The molecule has 1 aromatic heterocycles. The normalized spacial score (nSPS) is 11.1. The molecule has 2 rings (SSSR count). The fourth-order valence-electron chi connectivity index (χ4n) is 1.80. The summed E-state index contributed by atoms with van der Waals surface area (Å²) in [6.45, 7) is 4.56. The zero-order valence-electron chi connectivity index (χ0n) is 9.89. The average molecular weight is 251 g/mol. The van der Waals surface area contributed by atoms with Gasteiger partial charge in [0.05, 0.1) is 6.54 Å². The first-order valence-electron chi connectivity index (χ1n) is 5.53. The van der Waals surface area contributed by atoms with E-state index in [9.17, 15) is 0 Å². The molecule has 0 amide bonds.